The lowest BCUT2D eigenvalue weighted by Crippen LogP contribution is -2.04. The highest BCUT2D eigenvalue weighted by molar-refractivity contribution is 6.30. The summed E-state index contributed by atoms with van der Waals surface area (Å²) in [5.41, 5.74) is 0.314. The molecule has 0 heterocycles. The van der Waals surface area contributed by atoms with E-state index < -0.39 is 17.7 Å². The molecule has 0 radical (unpaired) electrons. The van der Waals surface area contributed by atoms with Crippen molar-refractivity contribution in [1.29, 1.82) is 0 Å². The summed E-state index contributed by atoms with van der Waals surface area (Å²) in [6, 6.07) is 10.1. The van der Waals surface area contributed by atoms with E-state index in [1.807, 2.05) is 0 Å². The first-order chi connectivity index (χ1) is 8.09. The molecule has 0 spiro atoms. The second kappa shape index (κ2) is 4.82. The first kappa shape index (κ1) is 12.0. The van der Waals surface area contributed by atoms with Crippen LogP contribution >= 0.6 is 11.6 Å². The Morgan fingerprint density at radius 2 is 1.76 bits per heavy atom. The Morgan fingerprint density at radius 1 is 1.06 bits per heavy atom. The molecule has 0 saturated heterocycles. The summed E-state index contributed by atoms with van der Waals surface area (Å²) in [7, 11) is 0. The van der Waals surface area contributed by atoms with Crippen LogP contribution in [-0.4, -0.2) is 5.11 Å². The molecular weight excluding hydrogens is 246 g/mol. The number of rotatable bonds is 2. The van der Waals surface area contributed by atoms with Crippen LogP contribution in [0.25, 0.3) is 0 Å². The predicted octanol–water partition coefficient (Wildman–Crippen LogP) is 3.70. The molecule has 1 atom stereocenters. The van der Waals surface area contributed by atoms with Gasteiger partial charge in [-0.05, 0) is 23.8 Å². The maximum Gasteiger partial charge on any atom is 0.164 e. The Hall–Kier alpha value is -1.45. The van der Waals surface area contributed by atoms with Crippen LogP contribution in [0.15, 0.2) is 42.5 Å². The van der Waals surface area contributed by atoms with Gasteiger partial charge in [0.2, 0.25) is 0 Å². The van der Waals surface area contributed by atoms with E-state index in [0.29, 0.717) is 10.6 Å². The minimum Gasteiger partial charge on any atom is -0.384 e. The predicted molar refractivity (Wildman–Crippen MR) is 61.9 cm³/mol. The molecule has 0 aliphatic heterocycles. The Labute approximate surface area is 102 Å². The maximum atomic E-state index is 13.5. The molecule has 1 unspecified atom stereocenters. The fraction of sp³-hybridized carbons (Fsp3) is 0.0769. The summed E-state index contributed by atoms with van der Waals surface area (Å²) in [4.78, 5) is 0. The highest BCUT2D eigenvalue weighted by Gasteiger charge is 2.17. The zero-order valence-electron chi connectivity index (χ0n) is 8.70. The van der Waals surface area contributed by atoms with Crippen molar-refractivity contribution in [3.8, 4) is 0 Å². The largest absolute Gasteiger partial charge is 0.384 e. The Balaban J connectivity index is 2.44. The van der Waals surface area contributed by atoms with Gasteiger partial charge in [0.25, 0.3) is 0 Å². The van der Waals surface area contributed by atoms with Crippen LogP contribution in [0.3, 0.4) is 0 Å². The van der Waals surface area contributed by atoms with Crippen LogP contribution in [-0.2, 0) is 0 Å². The zero-order valence-corrected chi connectivity index (χ0v) is 9.46. The first-order valence-corrected chi connectivity index (χ1v) is 5.35. The highest BCUT2D eigenvalue weighted by Crippen LogP contribution is 2.26. The number of aliphatic hydroxyl groups excluding tert-OH is 1. The average molecular weight is 255 g/mol. The Kier molecular flexibility index (Phi) is 3.41. The number of hydrogen-bond acceptors (Lipinski definition) is 1. The minimum absolute atomic E-state index is 0.104. The van der Waals surface area contributed by atoms with Gasteiger partial charge < -0.3 is 5.11 Å². The summed E-state index contributed by atoms with van der Waals surface area (Å²) in [6.45, 7) is 0. The van der Waals surface area contributed by atoms with Crippen LogP contribution in [0.1, 0.15) is 17.2 Å². The van der Waals surface area contributed by atoms with Crippen molar-refractivity contribution in [1.82, 2.24) is 0 Å². The van der Waals surface area contributed by atoms with Gasteiger partial charge in [-0.3, -0.25) is 0 Å². The van der Waals surface area contributed by atoms with Crippen molar-refractivity contribution in [3.63, 3.8) is 0 Å². The molecule has 2 aromatic carbocycles. The summed E-state index contributed by atoms with van der Waals surface area (Å²) < 4.78 is 26.5. The Bertz CT molecular complexity index is 543. The van der Waals surface area contributed by atoms with Crippen LogP contribution in [0.5, 0.6) is 0 Å². The summed E-state index contributed by atoms with van der Waals surface area (Å²) >= 11 is 5.77. The van der Waals surface area contributed by atoms with Crippen molar-refractivity contribution in [3.05, 3.63) is 70.2 Å². The lowest BCUT2D eigenvalue weighted by atomic mass is 10.0. The molecule has 0 saturated carbocycles. The zero-order chi connectivity index (χ0) is 12.4. The van der Waals surface area contributed by atoms with E-state index in [2.05, 4.69) is 0 Å². The monoisotopic (exact) mass is 254 g/mol. The van der Waals surface area contributed by atoms with Crippen LogP contribution in [0, 0.1) is 11.6 Å². The van der Waals surface area contributed by atoms with Gasteiger partial charge in [-0.15, -0.1) is 0 Å². The second-order valence-electron chi connectivity index (χ2n) is 3.60. The molecule has 0 aliphatic rings. The third-order valence-corrected chi connectivity index (χ3v) is 2.68. The van der Waals surface area contributed by atoms with Crippen molar-refractivity contribution in [2.75, 3.05) is 0 Å². The average Bonchev–Trinajstić information content (AvgIpc) is 2.32. The van der Waals surface area contributed by atoms with Gasteiger partial charge in [0.05, 0.1) is 0 Å². The molecule has 88 valence electrons. The van der Waals surface area contributed by atoms with Crippen LogP contribution < -0.4 is 0 Å². The highest BCUT2D eigenvalue weighted by atomic mass is 35.5. The van der Waals surface area contributed by atoms with E-state index in [1.165, 1.54) is 18.2 Å². The minimum atomic E-state index is -1.23. The first-order valence-electron chi connectivity index (χ1n) is 4.97. The third-order valence-electron chi connectivity index (χ3n) is 2.44. The van der Waals surface area contributed by atoms with Crippen LogP contribution in [0.2, 0.25) is 5.02 Å². The summed E-state index contributed by atoms with van der Waals surface area (Å²) in [5, 5.41) is 10.4. The molecule has 17 heavy (non-hydrogen) atoms. The summed E-state index contributed by atoms with van der Waals surface area (Å²) in [5.74, 6) is -2.02. The van der Waals surface area contributed by atoms with Gasteiger partial charge in [-0.1, -0.05) is 35.9 Å². The molecule has 0 bridgehead atoms. The molecule has 1 nitrogen and oxygen atoms in total. The lowest BCUT2D eigenvalue weighted by Gasteiger charge is -2.12. The molecular formula is C13H9ClF2O. The van der Waals surface area contributed by atoms with Crippen molar-refractivity contribution in [2.24, 2.45) is 0 Å². The topological polar surface area (TPSA) is 20.2 Å². The van der Waals surface area contributed by atoms with Gasteiger partial charge >= 0.3 is 0 Å². The number of hydrogen-bond donors (Lipinski definition) is 1. The van der Waals surface area contributed by atoms with E-state index >= 15 is 0 Å². The molecule has 2 aromatic rings. The molecule has 4 heteroatoms. The van der Waals surface area contributed by atoms with Crippen molar-refractivity contribution < 1.29 is 13.9 Å². The van der Waals surface area contributed by atoms with Crippen molar-refractivity contribution >= 4 is 11.6 Å². The van der Waals surface area contributed by atoms with E-state index in [0.717, 1.165) is 6.07 Å². The number of halogens is 3. The molecule has 0 aliphatic carbocycles. The molecule has 0 aromatic heterocycles. The molecule has 2 rings (SSSR count). The molecule has 0 amide bonds. The fourth-order valence-corrected chi connectivity index (χ4v) is 1.79. The Morgan fingerprint density at radius 3 is 2.47 bits per heavy atom. The van der Waals surface area contributed by atoms with E-state index in [1.54, 1.807) is 18.2 Å². The smallest absolute Gasteiger partial charge is 0.164 e. The van der Waals surface area contributed by atoms with Gasteiger partial charge in [0.15, 0.2) is 11.6 Å². The maximum absolute atomic E-state index is 13.5. The van der Waals surface area contributed by atoms with Gasteiger partial charge in [-0.2, -0.15) is 0 Å². The molecule has 1 N–H and O–H groups in total. The second-order valence-corrected chi connectivity index (χ2v) is 4.04. The standard InChI is InChI=1S/C13H9ClF2O/c14-9-4-1-3-8(7-9)13(17)10-5-2-6-11(15)12(10)16/h1-7,13,17H. The summed E-state index contributed by atoms with van der Waals surface area (Å²) in [6.07, 6.45) is -1.23. The van der Waals surface area contributed by atoms with E-state index in [-0.39, 0.29) is 5.56 Å². The van der Waals surface area contributed by atoms with E-state index in [9.17, 15) is 13.9 Å². The SMILES string of the molecule is OC(c1cccc(Cl)c1)c1cccc(F)c1F. The fourth-order valence-electron chi connectivity index (χ4n) is 1.59. The van der Waals surface area contributed by atoms with E-state index in [4.69, 9.17) is 11.6 Å². The van der Waals surface area contributed by atoms with Gasteiger partial charge in [0, 0.05) is 10.6 Å². The van der Waals surface area contributed by atoms with Crippen LogP contribution in [0.4, 0.5) is 8.78 Å². The lowest BCUT2D eigenvalue weighted by molar-refractivity contribution is 0.213. The normalized spacial score (nSPS) is 12.5. The molecule has 0 fully saturated rings. The third kappa shape index (κ3) is 2.46. The van der Waals surface area contributed by atoms with Crippen molar-refractivity contribution in [2.45, 2.75) is 6.10 Å². The number of aliphatic hydroxyl groups is 1. The number of benzene rings is 2. The van der Waals surface area contributed by atoms with Gasteiger partial charge in [-0.25, -0.2) is 8.78 Å². The van der Waals surface area contributed by atoms with Gasteiger partial charge in [0.1, 0.15) is 6.10 Å². The quantitative estimate of drug-likeness (QED) is 0.866.